The number of Topliss-reactive ketones (excluding diaryl/α,β-unsaturated/α-hetero) is 1. The van der Waals surface area contributed by atoms with Gasteiger partial charge in [0, 0.05) is 26.7 Å². The second-order valence-corrected chi connectivity index (χ2v) is 3.71. The van der Waals surface area contributed by atoms with Gasteiger partial charge in [0.25, 0.3) is 0 Å². The molecule has 0 N–H and O–H groups in total. The predicted molar refractivity (Wildman–Crippen MR) is 62.4 cm³/mol. The summed E-state index contributed by atoms with van der Waals surface area (Å²) in [6.07, 6.45) is 0.834. The van der Waals surface area contributed by atoms with Crippen molar-refractivity contribution in [2.45, 2.75) is 12.8 Å². The third-order valence-corrected chi connectivity index (χ3v) is 2.25. The molecule has 0 atom stereocenters. The molecule has 1 rings (SSSR count). The van der Waals surface area contributed by atoms with Crippen molar-refractivity contribution in [1.82, 2.24) is 0 Å². The Morgan fingerprint density at radius 2 is 2.06 bits per heavy atom. The van der Waals surface area contributed by atoms with Gasteiger partial charge in [-0.05, 0) is 18.1 Å². The SMILES string of the molecule is COCCCOCC(=O)Cc1ccccc1F. The van der Waals surface area contributed by atoms with Crippen molar-refractivity contribution in [3.05, 3.63) is 35.6 Å². The van der Waals surface area contributed by atoms with Crippen LogP contribution in [0.15, 0.2) is 24.3 Å². The van der Waals surface area contributed by atoms with Gasteiger partial charge in [-0.2, -0.15) is 0 Å². The Balaban J connectivity index is 2.23. The smallest absolute Gasteiger partial charge is 0.162 e. The van der Waals surface area contributed by atoms with E-state index in [1.807, 2.05) is 0 Å². The highest BCUT2D eigenvalue weighted by molar-refractivity contribution is 5.82. The highest BCUT2D eigenvalue weighted by Crippen LogP contribution is 2.07. The van der Waals surface area contributed by atoms with Gasteiger partial charge in [0.15, 0.2) is 5.78 Å². The van der Waals surface area contributed by atoms with Crippen LogP contribution in [-0.4, -0.2) is 32.7 Å². The lowest BCUT2D eigenvalue weighted by molar-refractivity contribution is -0.123. The van der Waals surface area contributed by atoms with Gasteiger partial charge in [-0.3, -0.25) is 4.79 Å². The average Bonchev–Trinajstić information content (AvgIpc) is 2.32. The van der Waals surface area contributed by atoms with Crippen LogP contribution in [0.3, 0.4) is 0 Å². The van der Waals surface area contributed by atoms with Crippen molar-refractivity contribution in [3.8, 4) is 0 Å². The van der Waals surface area contributed by atoms with Crippen LogP contribution >= 0.6 is 0 Å². The molecule has 0 aromatic heterocycles. The second-order valence-electron chi connectivity index (χ2n) is 3.71. The molecule has 0 amide bonds. The monoisotopic (exact) mass is 240 g/mol. The van der Waals surface area contributed by atoms with Crippen LogP contribution in [0.4, 0.5) is 4.39 Å². The van der Waals surface area contributed by atoms with E-state index in [-0.39, 0.29) is 24.6 Å². The second kappa shape index (κ2) is 7.92. The zero-order valence-electron chi connectivity index (χ0n) is 9.95. The number of carbonyl (C=O) groups is 1. The van der Waals surface area contributed by atoms with Crippen LogP contribution in [0.5, 0.6) is 0 Å². The van der Waals surface area contributed by atoms with Gasteiger partial charge in [0.2, 0.25) is 0 Å². The Hall–Kier alpha value is -1.26. The van der Waals surface area contributed by atoms with Crippen LogP contribution in [0.25, 0.3) is 0 Å². The molecule has 1 aromatic rings. The van der Waals surface area contributed by atoms with Crippen LogP contribution in [0.1, 0.15) is 12.0 Å². The number of benzene rings is 1. The van der Waals surface area contributed by atoms with Gasteiger partial charge < -0.3 is 9.47 Å². The lowest BCUT2D eigenvalue weighted by Gasteiger charge is -2.04. The first kappa shape index (κ1) is 13.8. The van der Waals surface area contributed by atoms with E-state index in [1.54, 1.807) is 25.3 Å². The molecule has 4 heteroatoms. The molecule has 0 saturated heterocycles. The lowest BCUT2D eigenvalue weighted by Crippen LogP contribution is -2.13. The summed E-state index contributed by atoms with van der Waals surface area (Å²) < 4.78 is 23.2. The van der Waals surface area contributed by atoms with E-state index in [9.17, 15) is 9.18 Å². The average molecular weight is 240 g/mol. The molecule has 0 aliphatic heterocycles. The normalized spacial score (nSPS) is 10.5. The summed E-state index contributed by atoms with van der Waals surface area (Å²) in [6.45, 7) is 1.12. The molecule has 94 valence electrons. The number of carbonyl (C=O) groups excluding carboxylic acids is 1. The van der Waals surface area contributed by atoms with Gasteiger partial charge in [-0.25, -0.2) is 4.39 Å². The van der Waals surface area contributed by atoms with Crippen molar-refractivity contribution in [2.75, 3.05) is 26.9 Å². The van der Waals surface area contributed by atoms with Gasteiger partial charge in [-0.15, -0.1) is 0 Å². The molecule has 0 unspecified atom stereocenters. The largest absolute Gasteiger partial charge is 0.385 e. The highest BCUT2D eigenvalue weighted by atomic mass is 19.1. The van der Waals surface area contributed by atoms with Crippen molar-refractivity contribution in [2.24, 2.45) is 0 Å². The fraction of sp³-hybridized carbons (Fsp3) is 0.462. The van der Waals surface area contributed by atoms with Crippen molar-refractivity contribution in [3.63, 3.8) is 0 Å². The summed E-state index contributed by atoms with van der Waals surface area (Å²) in [5.41, 5.74) is 0.415. The number of hydrogen-bond acceptors (Lipinski definition) is 3. The van der Waals surface area contributed by atoms with Gasteiger partial charge in [0.05, 0.1) is 0 Å². The number of rotatable bonds is 8. The molecule has 0 heterocycles. The summed E-state index contributed by atoms with van der Waals surface area (Å²) >= 11 is 0. The molecule has 0 bridgehead atoms. The topological polar surface area (TPSA) is 35.5 Å². The fourth-order valence-corrected chi connectivity index (χ4v) is 1.40. The minimum Gasteiger partial charge on any atom is -0.385 e. The number of ketones is 1. The van der Waals surface area contributed by atoms with E-state index in [1.165, 1.54) is 6.07 Å². The summed E-state index contributed by atoms with van der Waals surface area (Å²) in [5.74, 6) is -0.465. The van der Waals surface area contributed by atoms with E-state index < -0.39 is 0 Å². The molecule has 0 aliphatic carbocycles. The summed E-state index contributed by atoms with van der Waals surface area (Å²) in [7, 11) is 1.61. The van der Waals surface area contributed by atoms with Crippen LogP contribution in [0.2, 0.25) is 0 Å². The fourth-order valence-electron chi connectivity index (χ4n) is 1.40. The Kier molecular flexibility index (Phi) is 6.43. The summed E-state index contributed by atoms with van der Waals surface area (Å²) in [4.78, 5) is 11.5. The van der Waals surface area contributed by atoms with Gasteiger partial charge >= 0.3 is 0 Å². The molecule has 0 spiro atoms. The minimum atomic E-state index is -0.347. The molecule has 17 heavy (non-hydrogen) atoms. The molecule has 0 fully saturated rings. The van der Waals surface area contributed by atoms with Gasteiger partial charge in [0.1, 0.15) is 12.4 Å². The molecular formula is C13H17FO3. The van der Waals surface area contributed by atoms with Crippen LogP contribution in [-0.2, 0) is 20.7 Å². The quantitative estimate of drug-likeness (QED) is 0.652. The maximum absolute atomic E-state index is 13.2. The van der Waals surface area contributed by atoms with Crippen molar-refractivity contribution >= 4 is 5.78 Å². The predicted octanol–water partition coefficient (Wildman–Crippen LogP) is 1.99. The van der Waals surface area contributed by atoms with Crippen LogP contribution in [0, 0.1) is 5.82 Å². The lowest BCUT2D eigenvalue weighted by atomic mass is 10.1. The summed E-state index contributed by atoms with van der Waals surface area (Å²) in [6, 6.07) is 6.27. The standard InChI is InChI=1S/C13H17FO3/c1-16-7-4-8-17-10-12(15)9-11-5-2-3-6-13(11)14/h2-3,5-6H,4,7-10H2,1H3. The number of hydrogen-bond donors (Lipinski definition) is 0. The van der Waals surface area contributed by atoms with Gasteiger partial charge in [-0.1, -0.05) is 18.2 Å². The molecule has 0 saturated carbocycles. The zero-order chi connectivity index (χ0) is 12.5. The Bertz CT molecular complexity index is 352. The van der Waals surface area contributed by atoms with E-state index in [2.05, 4.69) is 0 Å². The minimum absolute atomic E-state index is 0.0258. The number of methoxy groups -OCH3 is 1. The van der Waals surface area contributed by atoms with E-state index in [0.717, 1.165) is 6.42 Å². The number of halogens is 1. The molecular weight excluding hydrogens is 223 g/mol. The van der Waals surface area contributed by atoms with Crippen molar-refractivity contribution in [1.29, 1.82) is 0 Å². The van der Waals surface area contributed by atoms with E-state index in [4.69, 9.17) is 9.47 Å². The third kappa shape index (κ3) is 5.56. The Morgan fingerprint density at radius 3 is 2.76 bits per heavy atom. The Labute approximate surface area is 101 Å². The first-order valence-electron chi connectivity index (χ1n) is 5.56. The molecule has 0 aliphatic rings. The molecule has 0 radical (unpaired) electrons. The summed E-state index contributed by atoms with van der Waals surface area (Å²) in [5, 5.41) is 0. The first-order chi connectivity index (χ1) is 8.24. The van der Waals surface area contributed by atoms with Crippen LogP contribution < -0.4 is 0 Å². The molecule has 3 nitrogen and oxygen atoms in total. The highest BCUT2D eigenvalue weighted by Gasteiger charge is 2.07. The Morgan fingerprint density at radius 1 is 1.29 bits per heavy atom. The van der Waals surface area contributed by atoms with E-state index >= 15 is 0 Å². The first-order valence-corrected chi connectivity index (χ1v) is 5.56. The molecule has 1 aromatic carbocycles. The van der Waals surface area contributed by atoms with E-state index in [0.29, 0.717) is 18.8 Å². The zero-order valence-corrected chi connectivity index (χ0v) is 9.95. The third-order valence-electron chi connectivity index (χ3n) is 2.25. The van der Waals surface area contributed by atoms with Crippen molar-refractivity contribution < 1.29 is 18.7 Å². The number of ether oxygens (including phenoxy) is 2. The maximum atomic E-state index is 13.2. The maximum Gasteiger partial charge on any atom is 0.162 e.